The molecular weight excluding hydrogens is 236 g/mol. The largest absolute Gasteiger partial charge is 0.493 e. The number of hydrogen-bond donors (Lipinski definition) is 2. The third-order valence-corrected chi connectivity index (χ3v) is 3.63. The molecule has 0 unspecified atom stereocenters. The van der Waals surface area contributed by atoms with Crippen LogP contribution in [0.4, 0.5) is 11.4 Å². The highest BCUT2D eigenvalue weighted by molar-refractivity contribution is 5.59. The van der Waals surface area contributed by atoms with Crippen LogP contribution in [0.25, 0.3) is 0 Å². The zero-order chi connectivity index (χ0) is 13.5. The van der Waals surface area contributed by atoms with Gasteiger partial charge in [0.25, 0.3) is 0 Å². The van der Waals surface area contributed by atoms with Gasteiger partial charge in [0.15, 0.2) is 0 Å². The number of nitrogens with one attached hydrogen (secondary N) is 1. The monoisotopic (exact) mass is 262 g/mol. The van der Waals surface area contributed by atoms with Crippen LogP contribution in [0.3, 0.4) is 0 Å². The normalized spacial score (nSPS) is 16.9. The second kappa shape index (κ2) is 7.27. The van der Waals surface area contributed by atoms with Crippen molar-refractivity contribution < 1.29 is 4.74 Å². The number of nitrogens with two attached hydrogens (primary N) is 1. The van der Waals surface area contributed by atoms with E-state index in [0.717, 1.165) is 30.2 Å². The Morgan fingerprint density at radius 3 is 2.58 bits per heavy atom. The molecule has 0 radical (unpaired) electrons. The Balaban J connectivity index is 1.99. The summed E-state index contributed by atoms with van der Waals surface area (Å²) in [5.74, 6) is 0.873. The van der Waals surface area contributed by atoms with E-state index < -0.39 is 0 Å². The van der Waals surface area contributed by atoms with Crippen LogP contribution in [0.5, 0.6) is 5.75 Å². The fourth-order valence-corrected chi connectivity index (χ4v) is 2.67. The first-order chi connectivity index (χ1) is 9.28. The summed E-state index contributed by atoms with van der Waals surface area (Å²) in [7, 11) is 0. The molecule has 1 aromatic carbocycles. The molecule has 1 aliphatic carbocycles. The lowest BCUT2D eigenvalue weighted by atomic mass is 10.1. The molecule has 1 saturated carbocycles. The van der Waals surface area contributed by atoms with Gasteiger partial charge in [0, 0.05) is 29.5 Å². The van der Waals surface area contributed by atoms with Crippen molar-refractivity contribution in [1.82, 2.24) is 0 Å². The minimum absolute atomic E-state index is 0.586. The van der Waals surface area contributed by atoms with E-state index in [0.29, 0.717) is 6.04 Å². The molecule has 0 spiro atoms. The lowest BCUT2D eigenvalue weighted by molar-refractivity contribution is 0.318. The highest BCUT2D eigenvalue weighted by atomic mass is 16.5. The Morgan fingerprint density at radius 1 is 1.16 bits per heavy atom. The topological polar surface area (TPSA) is 47.3 Å². The van der Waals surface area contributed by atoms with Gasteiger partial charge in [0.05, 0.1) is 6.61 Å². The van der Waals surface area contributed by atoms with Crippen LogP contribution in [0.2, 0.25) is 0 Å². The molecule has 2 rings (SSSR count). The molecule has 0 atom stereocenters. The summed E-state index contributed by atoms with van der Waals surface area (Å²) in [6.07, 6.45) is 8.96. The van der Waals surface area contributed by atoms with Crippen LogP contribution < -0.4 is 15.8 Å². The van der Waals surface area contributed by atoms with Gasteiger partial charge in [-0.1, -0.05) is 32.6 Å². The molecule has 0 amide bonds. The van der Waals surface area contributed by atoms with Crippen molar-refractivity contribution in [2.24, 2.45) is 0 Å². The van der Waals surface area contributed by atoms with E-state index in [2.05, 4.69) is 18.3 Å². The molecule has 0 saturated heterocycles. The summed E-state index contributed by atoms with van der Waals surface area (Å²) in [5, 5.41) is 3.62. The predicted octanol–water partition coefficient (Wildman–Crippen LogP) is 4.19. The summed E-state index contributed by atoms with van der Waals surface area (Å²) >= 11 is 0. The Kier molecular flexibility index (Phi) is 5.37. The average molecular weight is 262 g/mol. The minimum atomic E-state index is 0.586. The Morgan fingerprint density at radius 2 is 1.89 bits per heavy atom. The van der Waals surface area contributed by atoms with Gasteiger partial charge in [0.2, 0.25) is 0 Å². The number of anilines is 2. The number of nitrogen functional groups attached to an aromatic ring is 1. The van der Waals surface area contributed by atoms with Crippen molar-refractivity contribution in [2.75, 3.05) is 17.7 Å². The van der Waals surface area contributed by atoms with Crippen molar-refractivity contribution in [2.45, 2.75) is 57.9 Å². The summed E-state index contributed by atoms with van der Waals surface area (Å²) in [6.45, 7) is 2.85. The molecule has 0 bridgehead atoms. The van der Waals surface area contributed by atoms with Gasteiger partial charge in [-0.05, 0) is 25.3 Å². The van der Waals surface area contributed by atoms with Crippen molar-refractivity contribution in [3.8, 4) is 5.75 Å². The van der Waals surface area contributed by atoms with Gasteiger partial charge in [-0.3, -0.25) is 0 Å². The number of benzene rings is 1. The third-order valence-electron chi connectivity index (χ3n) is 3.63. The summed E-state index contributed by atoms with van der Waals surface area (Å²) < 4.78 is 5.67. The van der Waals surface area contributed by atoms with E-state index in [9.17, 15) is 0 Å². The van der Waals surface area contributed by atoms with Gasteiger partial charge in [0.1, 0.15) is 5.75 Å². The van der Waals surface area contributed by atoms with Crippen molar-refractivity contribution in [3.63, 3.8) is 0 Å². The first kappa shape index (κ1) is 14.0. The van der Waals surface area contributed by atoms with Crippen LogP contribution in [-0.2, 0) is 0 Å². The summed E-state index contributed by atoms with van der Waals surface area (Å²) in [6, 6.07) is 6.55. The van der Waals surface area contributed by atoms with E-state index in [-0.39, 0.29) is 0 Å². The molecule has 19 heavy (non-hydrogen) atoms. The zero-order valence-corrected chi connectivity index (χ0v) is 12.0. The van der Waals surface area contributed by atoms with Gasteiger partial charge in [-0.2, -0.15) is 0 Å². The maximum Gasteiger partial charge on any atom is 0.123 e. The maximum absolute atomic E-state index is 5.95. The van der Waals surface area contributed by atoms with E-state index in [1.807, 2.05) is 12.1 Å². The molecule has 1 fully saturated rings. The molecule has 3 heteroatoms. The van der Waals surface area contributed by atoms with Gasteiger partial charge in [-0.15, -0.1) is 0 Å². The summed E-state index contributed by atoms with van der Waals surface area (Å²) in [4.78, 5) is 0. The summed E-state index contributed by atoms with van der Waals surface area (Å²) in [5.41, 5.74) is 7.81. The number of ether oxygens (including phenoxy) is 1. The van der Waals surface area contributed by atoms with E-state index in [1.54, 1.807) is 0 Å². The molecular formula is C16H26N2O. The predicted molar refractivity (Wildman–Crippen MR) is 81.8 cm³/mol. The number of hydrogen-bond acceptors (Lipinski definition) is 3. The first-order valence-corrected chi connectivity index (χ1v) is 7.58. The molecule has 3 N–H and O–H groups in total. The second-order valence-corrected chi connectivity index (χ2v) is 5.47. The quantitative estimate of drug-likeness (QED) is 0.618. The highest BCUT2D eigenvalue weighted by Gasteiger charge is 2.12. The van der Waals surface area contributed by atoms with Crippen LogP contribution in [0, 0.1) is 0 Å². The van der Waals surface area contributed by atoms with Crippen LogP contribution >= 0.6 is 0 Å². The SMILES string of the molecule is CCCOc1cc(N)cc(NC2CCCCCC2)c1. The van der Waals surface area contributed by atoms with E-state index in [4.69, 9.17) is 10.5 Å². The van der Waals surface area contributed by atoms with Crippen molar-refractivity contribution in [1.29, 1.82) is 0 Å². The maximum atomic E-state index is 5.95. The number of rotatable bonds is 5. The van der Waals surface area contributed by atoms with E-state index in [1.165, 1.54) is 38.5 Å². The highest BCUT2D eigenvalue weighted by Crippen LogP contribution is 2.26. The second-order valence-electron chi connectivity index (χ2n) is 5.47. The molecule has 0 heterocycles. The Bertz CT molecular complexity index is 384. The Hall–Kier alpha value is -1.38. The molecule has 1 aromatic rings. The molecule has 0 aliphatic heterocycles. The third kappa shape index (κ3) is 4.66. The molecule has 0 aromatic heterocycles. The first-order valence-electron chi connectivity index (χ1n) is 7.58. The molecule has 106 valence electrons. The lowest BCUT2D eigenvalue weighted by Gasteiger charge is -2.18. The zero-order valence-electron chi connectivity index (χ0n) is 12.0. The van der Waals surface area contributed by atoms with Crippen LogP contribution in [0.15, 0.2) is 18.2 Å². The van der Waals surface area contributed by atoms with Gasteiger partial charge < -0.3 is 15.8 Å². The minimum Gasteiger partial charge on any atom is -0.493 e. The average Bonchev–Trinajstić information content (AvgIpc) is 2.64. The van der Waals surface area contributed by atoms with Crippen molar-refractivity contribution >= 4 is 11.4 Å². The molecule has 3 nitrogen and oxygen atoms in total. The van der Waals surface area contributed by atoms with Gasteiger partial charge >= 0.3 is 0 Å². The lowest BCUT2D eigenvalue weighted by Crippen LogP contribution is -2.18. The Labute approximate surface area is 116 Å². The van der Waals surface area contributed by atoms with Crippen molar-refractivity contribution in [3.05, 3.63) is 18.2 Å². The van der Waals surface area contributed by atoms with Crippen LogP contribution in [0.1, 0.15) is 51.9 Å². The fourth-order valence-electron chi connectivity index (χ4n) is 2.67. The molecule has 1 aliphatic rings. The van der Waals surface area contributed by atoms with Gasteiger partial charge in [-0.25, -0.2) is 0 Å². The smallest absolute Gasteiger partial charge is 0.123 e. The standard InChI is InChI=1S/C16H26N2O/c1-2-9-19-16-11-13(17)10-15(12-16)18-14-7-5-3-4-6-8-14/h10-12,14,18H,2-9,17H2,1H3. The fraction of sp³-hybridized carbons (Fsp3) is 0.625. The van der Waals surface area contributed by atoms with Crippen LogP contribution in [-0.4, -0.2) is 12.6 Å². The van der Waals surface area contributed by atoms with E-state index >= 15 is 0 Å².